The first-order valence-corrected chi connectivity index (χ1v) is 7.42. The molecule has 112 valence electrons. The van der Waals surface area contributed by atoms with Gasteiger partial charge in [0, 0.05) is 30.0 Å². The van der Waals surface area contributed by atoms with Crippen LogP contribution in [-0.4, -0.2) is 17.1 Å². The summed E-state index contributed by atoms with van der Waals surface area (Å²) in [7, 11) is 0. The minimum Gasteiger partial charge on any atom is -0.457 e. The maximum atomic E-state index is 5.89. The molecule has 0 radical (unpaired) electrons. The summed E-state index contributed by atoms with van der Waals surface area (Å²) in [6.07, 6.45) is 6.71. The summed E-state index contributed by atoms with van der Waals surface area (Å²) in [4.78, 5) is 4.12. The Morgan fingerprint density at radius 2 is 2.10 bits per heavy atom. The normalized spacial score (nSPS) is 12.7. The second-order valence-electron chi connectivity index (χ2n) is 6.20. The number of hydrogen-bond donors (Lipinski definition) is 1. The van der Waals surface area contributed by atoms with Crippen molar-refractivity contribution in [3.05, 3.63) is 48.0 Å². The van der Waals surface area contributed by atoms with Crippen LogP contribution in [0.5, 0.6) is 0 Å². The standard InChI is InChI=1S/C18H24N2O/c1-5-14(12-20-18(2,3)4)11-16-8-9-17(21-16)15-7-6-10-19-13-15/h6-11,13,20H,5,12H2,1-4H3. The summed E-state index contributed by atoms with van der Waals surface area (Å²) >= 11 is 0. The van der Waals surface area contributed by atoms with Crippen LogP contribution in [0.2, 0.25) is 0 Å². The fourth-order valence-electron chi connectivity index (χ4n) is 1.95. The number of nitrogens with zero attached hydrogens (tertiary/aromatic N) is 1. The van der Waals surface area contributed by atoms with Gasteiger partial charge in [-0.15, -0.1) is 0 Å². The Balaban J connectivity index is 2.11. The lowest BCUT2D eigenvalue weighted by Gasteiger charge is -2.21. The number of aromatic nitrogens is 1. The first-order chi connectivity index (χ1) is 9.98. The average molecular weight is 284 g/mol. The molecule has 0 bridgehead atoms. The third-order valence-corrected chi connectivity index (χ3v) is 3.22. The second kappa shape index (κ2) is 6.72. The van der Waals surface area contributed by atoms with Gasteiger partial charge in [-0.05, 0) is 57.5 Å². The van der Waals surface area contributed by atoms with Crippen LogP contribution in [0.3, 0.4) is 0 Å². The van der Waals surface area contributed by atoms with Crippen LogP contribution in [0, 0.1) is 0 Å². The first-order valence-electron chi connectivity index (χ1n) is 7.42. The quantitative estimate of drug-likeness (QED) is 0.877. The summed E-state index contributed by atoms with van der Waals surface area (Å²) in [6, 6.07) is 7.92. The molecule has 2 aromatic heterocycles. The van der Waals surface area contributed by atoms with Crippen LogP contribution < -0.4 is 5.32 Å². The Morgan fingerprint density at radius 3 is 2.71 bits per heavy atom. The third-order valence-electron chi connectivity index (χ3n) is 3.22. The molecule has 0 aromatic carbocycles. The van der Waals surface area contributed by atoms with Gasteiger partial charge in [0.25, 0.3) is 0 Å². The molecule has 0 unspecified atom stereocenters. The lowest BCUT2D eigenvalue weighted by atomic mass is 10.1. The predicted molar refractivity (Wildman–Crippen MR) is 88.0 cm³/mol. The van der Waals surface area contributed by atoms with Gasteiger partial charge >= 0.3 is 0 Å². The van der Waals surface area contributed by atoms with Gasteiger partial charge in [-0.3, -0.25) is 4.98 Å². The van der Waals surface area contributed by atoms with Crippen molar-refractivity contribution in [1.82, 2.24) is 10.3 Å². The largest absolute Gasteiger partial charge is 0.457 e. The van der Waals surface area contributed by atoms with Crippen molar-refractivity contribution < 1.29 is 4.42 Å². The van der Waals surface area contributed by atoms with Gasteiger partial charge in [0.1, 0.15) is 11.5 Å². The zero-order valence-corrected chi connectivity index (χ0v) is 13.3. The maximum Gasteiger partial charge on any atom is 0.136 e. The summed E-state index contributed by atoms with van der Waals surface area (Å²) in [6.45, 7) is 9.57. The molecule has 2 heterocycles. The Labute approximate surface area is 127 Å². The number of nitrogens with one attached hydrogen (secondary N) is 1. The highest BCUT2D eigenvalue weighted by molar-refractivity contribution is 5.59. The topological polar surface area (TPSA) is 38.1 Å². The fraction of sp³-hybridized carbons (Fsp3) is 0.389. The number of rotatable bonds is 5. The van der Waals surface area contributed by atoms with Gasteiger partial charge in [0.05, 0.1) is 0 Å². The molecule has 21 heavy (non-hydrogen) atoms. The highest BCUT2D eigenvalue weighted by Crippen LogP contribution is 2.22. The van der Waals surface area contributed by atoms with Crippen molar-refractivity contribution in [2.45, 2.75) is 39.7 Å². The lowest BCUT2D eigenvalue weighted by Crippen LogP contribution is -2.36. The monoisotopic (exact) mass is 284 g/mol. The van der Waals surface area contributed by atoms with E-state index in [9.17, 15) is 0 Å². The smallest absolute Gasteiger partial charge is 0.136 e. The van der Waals surface area contributed by atoms with Gasteiger partial charge in [-0.2, -0.15) is 0 Å². The van der Waals surface area contributed by atoms with E-state index in [0.717, 1.165) is 30.0 Å². The van der Waals surface area contributed by atoms with E-state index in [1.807, 2.05) is 30.5 Å². The van der Waals surface area contributed by atoms with Gasteiger partial charge in [-0.25, -0.2) is 0 Å². The van der Waals surface area contributed by atoms with Crippen molar-refractivity contribution in [2.24, 2.45) is 0 Å². The molecule has 3 nitrogen and oxygen atoms in total. The van der Waals surface area contributed by atoms with Crippen LogP contribution >= 0.6 is 0 Å². The van der Waals surface area contributed by atoms with Crippen LogP contribution in [-0.2, 0) is 0 Å². The summed E-state index contributed by atoms with van der Waals surface area (Å²) in [5, 5.41) is 3.51. The van der Waals surface area contributed by atoms with Crippen molar-refractivity contribution in [3.8, 4) is 11.3 Å². The first kappa shape index (κ1) is 15.5. The summed E-state index contributed by atoms with van der Waals surface area (Å²) in [5.41, 5.74) is 2.46. The molecule has 3 heteroatoms. The second-order valence-corrected chi connectivity index (χ2v) is 6.20. The highest BCUT2D eigenvalue weighted by Gasteiger charge is 2.09. The molecule has 0 saturated carbocycles. The lowest BCUT2D eigenvalue weighted by molar-refractivity contribution is 0.443. The van der Waals surface area contributed by atoms with Crippen molar-refractivity contribution in [2.75, 3.05) is 6.54 Å². The van der Waals surface area contributed by atoms with E-state index >= 15 is 0 Å². The highest BCUT2D eigenvalue weighted by atomic mass is 16.3. The Bertz CT molecular complexity index is 591. The van der Waals surface area contributed by atoms with E-state index in [2.05, 4.69) is 44.1 Å². The van der Waals surface area contributed by atoms with E-state index in [0.29, 0.717) is 0 Å². The fourth-order valence-corrected chi connectivity index (χ4v) is 1.95. The van der Waals surface area contributed by atoms with E-state index in [4.69, 9.17) is 4.42 Å². The zero-order valence-electron chi connectivity index (χ0n) is 13.3. The molecule has 0 amide bonds. The summed E-state index contributed by atoms with van der Waals surface area (Å²) < 4.78 is 5.89. The molecule has 0 aliphatic carbocycles. The Hall–Kier alpha value is -1.87. The number of hydrogen-bond acceptors (Lipinski definition) is 3. The van der Waals surface area contributed by atoms with Gasteiger partial charge in [-0.1, -0.05) is 12.5 Å². The zero-order chi connectivity index (χ0) is 15.3. The van der Waals surface area contributed by atoms with Crippen LogP contribution in [0.15, 0.2) is 46.6 Å². The minimum absolute atomic E-state index is 0.123. The average Bonchev–Trinajstić information content (AvgIpc) is 2.92. The van der Waals surface area contributed by atoms with E-state index in [1.165, 1.54) is 5.57 Å². The molecule has 2 aromatic rings. The Kier molecular flexibility index (Phi) is 4.97. The predicted octanol–water partition coefficient (Wildman–Crippen LogP) is 4.52. The molecule has 0 fully saturated rings. The van der Waals surface area contributed by atoms with Crippen molar-refractivity contribution in [1.29, 1.82) is 0 Å². The van der Waals surface area contributed by atoms with Gasteiger partial charge < -0.3 is 9.73 Å². The molecule has 0 spiro atoms. The van der Waals surface area contributed by atoms with E-state index in [-0.39, 0.29) is 5.54 Å². The molecule has 0 saturated heterocycles. The number of furan rings is 1. The molecule has 0 aliphatic rings. The van der Waals surface area contributed by atoms with Crippen molar-refractivity contribution >= 4 is 6.08 Å². The van der Waals surface area contributed by atoms with Gasteiger partial charge in [0.2, 0.25) is 0 Å². The minimum atomic E-state index is 0.123. The van der Waals surface area contributed by atoms with Crippen LogP contribution in [0.4, 0.5) is 0 Å². The van der Waals surface area contributed by atoms with Crippen LogP contribution in [0.25, 0.3) is 17.4 Å². The Morgan fingerprint density at radius 1 is 1.29 bits per heavy atom. The molecule has 1 N–H and O–H groups in total. The SMILES string of the molecule is CCC(=Cc1ccc(-c2cccnc2)o1)CNC(C)(C)C. The molecule has 0 aliphatic heterocycles. The van der Waals surface area contributed by atoms with Crippen molar-refractivity contribution in [3.63, 3.8) is 0 Å². The van der Waals surface area contributed by atoms with Crippen LogP contribution in [0.1, 0.15) is 39.9 Å². The summed E-state index contributed by atoms with van der Waals surface area (Å²) in [5.74, 6) is 1.75. The number of pyridine rings is 1. The van der Waals surface area contributed by atoms with E-state index < -0.39 is 0 Å². The van der Waals surface area contributed by atoms with E-state index in [1.54, 1.807) is 6.20 Å². The molecular formula is C18H24N2O. The molecule has 2 rings (SSSR count). The third kappa shape index (κ3) is 4.87. The maximum absolute atomic E-state index is 5.89. The molecule has 0 atom stereocenters. The van der Waals surface area contributed by atoms with Gasteiger partial charge in [0.15, 0.2) is 0 Å². The molecular weight excluding hydrogens is 260 g/mol.